The summed E-state index contributed by atoms with van der Waals surface area (Å²) in [5, 5.41) is 0. The fraction of sp³-hybridized carbons (Fsp3) is 0.200. The maximum atomic E-state index is 5.82. The van der Waals surface area contributed by atoms with E-state index in [0.29, 0.717) is 0 Å². The third kappa shape index (κ3) is 1.32. The largest absolute Gasteiger partial charge is 0.399 e. The van der Waals surface area contributed by atoms with E-state index in [0.717, 1.165) is 18.5 Å². The standard InChI is InChI=1S/C15H15N/c1-2-10-3-5-14-11(7-10)8-12-9-13(16)4-6-15(12)14/h3-7,9H,2,8,16H2,1H3. The molecule has 0 radical (unpaired) electrons. The van der Waals surface area contributed by atoms with E-state index < -0.39 is 0 Å². The Kier molecular flexibility index (Phi) is 2.00. The molecule has 2 aromatic rings. The van der Waals surface area contributed by atoms with Gasteiger partial charge in [0.15, 0.2) is 0 Å². The van der Waals surface area contributed by atoms with Crippen LogP contribution in [-0.4, -0.2) is 0 Å². The number of anilines is 1. The van der Waals surface area contributed by atoms with Crippen LogP contribution in [0.2, 0.25) is 0 Å². The summed E-state index contributed by atoms with van der Waals surface area (Å²) < 4.78 is 0. The summed E-state index contributed by atoms with van der Waals surface area (Å²) >= 11 is 0. The van der Waals surface area contributed by atoms with Crippen LogP contribution >= 0.6 is 0 Å². The lowest BCUT2D eigenvalue weighted by molar-refractivity contribution is 1.12. The lowest BCUT2D eigenvalue weighted by Gasteiger charge is -2.03. The first kappa shape index (κ1) is 9.46. The highest BCUT2D eigenvalue weighted by molar-refractivity contribution is 5.78. The number of rotatable bonds is 1. The molecular formula is C15H15N. The number of hydrogen-bond acceptors (Lipinski definition) is 1. The van der Waals surface area contributed by atoms with Crippen molar-refractivity contribution >= 4 is 5.69 Å². The summed E-state index contributed by atoms with van der Waals surface area (Å²) in [5.41, 5.74) is 13.6. The zero-order valence-electron chi connectivity index (χ0n) is 9.46. The predicted octanol–water partition coefficient (Wildman–Crippen LogP) is 3.40. The van der Waals surface area contributed by atoms with Crippen molar-refractivity contribution in [1.82, 2.24) is 0 Å². The van der Waals surface area contributed by atoms with Gasteiger partial charge in [-0.25, -0.2) is 0 Å². The molecule has 80 valence electrons. The van der Waals surface area contributed by atoms with E-state index >= 15 is 0 Å². The summed E-state index contributed by atoms with van der Waals surface area (Å²) in [5.74, 6) is 0. The van der Waals surface area contributed by atoms with Crippen LogP contribution in [0.25, 0.3) is 11.1 Å². The monoisotopic (exact) mass is 209 g/mol. The van der Waals surface area contributed by atoms with Gasteiger partial charge in [-0.3, -0.25) is 0 Å². The topological polar surface area (TPSA) is 26.0 Å². The molecule has 0 saturated heterocycles. The van der Waals surface area contributed by atoms with Gasteiger partial charge >= 0.3 is 0 Å². The number of aryl methyl sites for hydroxylation is 1. The Bertz CT molecular complexity index is 555. The van der Waals surface area contributed by atoms with Crippen LogP contribution in [0.5, 0.6) is 0 Å². The van der Waals surface area contributed by atoms with Crippen molar-refractivity contribution in [2.75, 3.05) is 5.73 Å². The van der Waals surface area contributed by atoms with Gasteiger partial charge in [0.25, 0.3) is 0 Å². The number of hydrogen-bond donors (Lipinski definition) is 1. The third-order valence-electron chi connectivity index (χ3n) is 3.38. The van der Waals surface area contributed by atoms with Crippen LogP contribution in [0.15, 0.2) is 36.4 Å². The molecule has 0 bridgehead atoms. The fourth-order valence-corrected chi connectivity index (χ4v) is 2.50. The first-order chi connectivity index (χ1) is 7.78. The van der Waals surface area contributed by atoms with E-state index in [9.17, 15) is 0 Å². The van der Waals surface area contributed by atoms with Crippen LogP contribution in [0.4, 0.5) is 5.69 Å². The molecule has 0 fully saturated rings. The van der Waals surface area contributed by atoms with Crippen LogP contribution in [0.3, 0.4) is 0 Å². The minimum absolute atomic E-state index is 0.863. The number of nitrogens with two attached hydrogens (primary N) is 1. The normalized spacial score (nSPS) is 12.3. The van der Waals surface area contributed by atoms with Gasteiger partial charge in [0.05, 0.1) is 0 Å². The number of benzene rings is 2. The lowest BCUT2D eigenvalue weighted by Crippen LogP contribution is -1.87. The van der Waals surface area contributed by atoms with Crippen molar-refractivity contribution in [3.05, 3.63) is 53.1 Å². The summed E-state index contributed by atoms with van der Waals surface area (Å²) in [6.45, 7) is 2.20. The second kappa shape index (κ2) is 3.38. The fourth-order valence-electron chi connectivity index (χ4n) is 2.50. The Balaban J connectivity index is 2.16. The molecule has 3 rings (SSSR count). The first-order valence-corrected chi connectivity index (χ1v) is 5.78. The summed E-state index contributed by atoms with van der Waals surface area (Å²) in [7, 11) is 0. The van der Waals surface area contributed by atoms with Crippen molar-refractivity contribution in [2.45, 2.75) is 19.8 Å². The van der Waals surface area contributed by atoms with Crippen molar-refractivity contribution in [2.24, 2.45) is 0 Å². The molecular weight excluding hydrogens is 194 g/mol. The van der Waals surface area contributed by atoms with Crippen LogP contribution < -0.4 is 5.73 Å². The molecule has 2 aromatic carbocycles. The van der Waals surface area contributed by atoms with Crippen molar-refractivity contribution in [1.29, 1.82) is 0 Å². The Morgan fingerprint density at radius 3 is 2.44 bits per heavy atom. The van der Waals surface area contributed by atoms with Gasteiger partial charge in [0.2, 0.25) is 0 Å². The molecule has 1 nitrogen and oxygen atoms in total. The van der Waals surface area contributed by atoms with Crippen LogP contribution in [0, 0.1) is 0 Å². The van der Waals surface area contributed by atoms with Crippen molar-refractivity contribution < 1.29 is 0 Å². The molecule has 16 heavy (non-hydrogen) atoms. The van der Waals surface area contributed by atoms with Crippen LogP contribution in [-0.2, 0) is 12.8 Å². The van der Waals surface area contributed by atoms with Gasteiger partial charge in [0, 0.05) is 5.69 Å². The van der Waals surface area contributed by atoms with E-state index in [2.05, 4.69) is 37.3 Å². The van der Waals surface area contributed by atoms with Gasteiger partial charge in [-0.05, 0) is 52.8 Å². The highest BCUT2D eigenvalue weighted by atomic mass is 14.5. The van der Waals surface area contributed by atoms with Gasteiger partial charge in [0.1, 0.15) is 0 Å². The van der Waals surface area contributed by atoms with Gasteiger partial charge in [-0.15, -0.1) is 0 Å². The van der Waals surface area contributed by atoms with E-state index in [-0.39, 0.29) is 0 Å². The van der Waals surface area contributed by atoms with E-state index in [1.165, 1.54) is 27.8 Å². The zero-order valence-corrected chi connectivity index (χ0v) is 9.46. The molecule has 1 aliphatic rings. The van der Waals surface area contributed by atoms with E-state index in [1.807, 2.05) is 6.07 Å². The SMILES string of the molecule is CCc1ccc2c(c1)Cc1cc(N)ccc1-2. The molecule has 1 aliphatic carbocycles. The first-order valence-electron chi connectivity index (χ1n) is 5.78. The number of nitrogen functional groups attached to an aromatic ring is 1. The van der Waals surface area contributed by atoms with Gasteiger partial charge < -0.3 is 5.73 Å². The number of fused-ring (bicyclic) bond motifs is 3. The Labute approximate surface area is 95.9 Å². The smallest absolute Gasteiger partial charge is 0.0317 e. The molecule has 0 saturated carbocycles. The Hall–Kier alpha value is -1.76. The summed E-state index contributed by atoms with van der Waals surface area (Å²) in [6, 6.07) is 13.0. The second-order valence-corrected chi connectivity index (χ2v) is 4.44. The average molecular weight is 209 g/mol. The van der Waals surface area contributed by atoms with E-state index in [1.54, 1.807) is 0 Å². The highest BCUT2D eigenvalue weighted by Gasteiger charge is 2.18. The predicted molar refractivity (Wildman–Crippen MR) is 68.5 cm³/mol. The Morgan fingerprint density at radius 2 is 1.69 bits per heavy atom. The van der Waals surface area contributed by atoms with Crippen molar-refractivity contribution in [3.63, 3.8) is 0 Å². The average Bonchev–Trinajstić information content (AvgIpc) is 2.64. The Morgan fingerprint density at radius 1 is 1.00 bits per heavy atom. The molecule has 0 unspecified atom stereocenters. The summed E-state index contributed by atoms with van der Waals surface area (Å²) in [6.07, 6.45) is 2.13. The van der Waals surface area contributed by atoms with Gasteiger partial charge in [-0.2, -0.15) is 0 Å². The van der Waals surface area contributed by atoms with Crippen molar-refractivity contribution in [3.8, 4) is 11.1 Å². The molecule has 0 atom stereocenters. The highest BCUT2D eigenvalue weighted by Crippen LogP contribution is 2.37. The molecule has 2 N–H and O–H groups in total. The molecule has 0 heterocycles. The minimum atomic E-state index is 0.863. The molecule has 0 spiro atoms. The maximum absolute atomic E-state index is 5.82. The van der Waals surface area contributed by atoms with Gasteiger partial charge in [-0.1, -0.05) is 31.2 Å². The summed E-state index contributed by atoms with van der Waals surface area (Å²) in [4.78, 5) is 0. The lowest BCUT2D eigenvalue weighted by atomic mass is 10.0. The van der Waals surface area contributed by atoms with E-state index in [4.69, 9.17) is 5.73 Å². The molecule has 1 heteroatoms. The molecule has 0 aliphatic heterocycles. The third-order valence-corrected chi connectivity index (χ3v) is 3.38. The molecule has 0 aromatic heterocycles. The van der Waals surface area contributed by atoms with Crippen LogP contribution in [0.1, 0.15) is 23.6 Å². The molecule has 0 amide bonds. The second-order valence-electron chi connectivity index (χ2n) is 4.44. The minimum Gasteiger partial charge on any atom is -0.399 e. The quantitative estimate of drug-likeness (QED) is 0.611. The maximum Gasteiger partial charge on any atom is 0.0317 e. The zero-order chi connectivity index (χ0) is 11.1.